The van der Waals surface area contributed by atoms with Gasteiger partial charge < -0.3 is 4.90 Å². The monoisotopic (exact) mass is 445 g/mol. The van der Waals surface area contributed by atoms with Crippen LogP contribution in [0.3, 0.4) is 0 Å². The second-order valence-electron chi connectivity index (χ2n) is 7.84. The van der Waals surface area contributed by atoms with Crippen LogP contribution in [0.15, 0.2) is 41.3 Å². The summed E-state index contributed by atoms with van der Waals surface area (Å²) >= 11 is 1.49. The van der Waals surface area contributed by atoms with Crippen LogP contribution in [0.5, 0.6) is 0 Å². The van der Waals surface area contributed by atoms with Gasteiger partial charge in [-0.15, -0.1) is 0 Å². The lowest BCUT2D eigenvalue weighted by Crippen LogP contribution is -2.33. The lowest BCUT2D eigenvalue weighted by Gasteiger charge is -2.21. The first-order valence-electron chi connectivity index (χ1n) is 9.71. The Morgan fingerprint density at radius 2 is 1.83 bits per heavy atom. The molecule has 3 aromatic rings. The van der Waals surface area contributed by atoms with Gasteiger partial charge in [-0.25, -0.2) is 13.4 Å². The van der Waals surface area contributed by atoms with E-state index in [9.17, 15) is 13.2 Å². The van der Waals surface area contributed by atoms with Crippen LogP contribution in [-0.4, -0.2) is 57.6 Å². The molecule has 160 valence electrons. The fourth-order valence-electron chi connectivity index (χ4n) is 3.33. The van der Waals surface area contributed by atoms with Gasteiger partial charge in [0.05, 0.1) is 15.1 Å². The number of fused-ring (bicyclic) bond motifs is 1. The summed E-state index contributed by atoms with van der Waals surface area (Å²) in [5.74, 6) is -0.243. The zero-order valence-corrected chi connectivity index (χ0v) is 19.6. The number of hydrogen-bond donors (Lipinski definition) is 0. The molecule has 0 aliphatic carbocycles. The van der Waals surface area contributed by atoms with Gasteiger partial charge >= 0.3 is 0 Å². The fraction of sp³-hybridized carbons (Fsp3) is 0.364. The molecule has 0 fully saturated rings. The molecule has 1 aromatic heterocycles. The van der Waals surface area contributed by atoms with Crippen LogP contribution in [0.25, 0.3) is 10.2 Å². The number of carbonyl (C=O) groups excluding carboxylic acids is 1. The quantitative estimate of drug-likeness (QED) is 0.551. The van der Waals surface area contributed by atoms with E-state index in [1.807, 2.05) is 34.0 Å². The summed E-state index contributed by atoms with van der Waals surface area (Å²) in [6.07, 6.45) is 1.92. The summed E-state index contributed by atoms with van der Waals surface area (Å²) < 4.78 is 24.9. The van der Waals surface area contributed by atoms with Crippen LogP contribution < -0.4 is 4.90 Å². The van der Waals surface area contributed by atoms with Crippen LogP contribution >= 0.6 is 11.3 Å². The first kappa shape index (κ1) is 22.4. The Hall–Kier alpha value is -2.29. The number of anilines is 1. The molecule has 0 radical (unpaired) electrons. The Balaban J connectivity index is 2.02. The average molecular weight is 446 g/mol. The van der Waals surface area contributed by atoms with Gasteiger partial charge in [-0.05, 0) is 76.3 Å². The van der Waals surface area contributed by atoms with Crippen molar-refractivity contribution in [2.45, 2.75) is 25.2 Å². The van der Waals surface area contributed by atoms with Crippen molar-refractivity contribution >= 4 is 42.4 Å². The number of sulfone groups is 1. The Morgan fingerprint density at radius 3 is 2.50 bits per heavy atom. The van der Waals surface area contributed by atoms with Crippen molar-refractivity contribution in [2.24, 2.45) is 0 Å². The number of rotatable bonds is 7. The minimum Gasteiger partial charge on any atom is -0.309 e. The van der Waals surface area contributed by atoms with Crippen molar-refractivity contribution in [3.8, 4) is 0 Å². The van der Waals surface area contributed by atoms with Crippen molar-refractivity contribution in [1.29, 1.82) is 0 Å². The number of amides is 1. The minimum absolute atomic E-state index is 0.136. The predicted octanol–water partition coefficient (Wildman–Crippen LogP) is 3.92. The van der Waals surface area contributed by atoms with E-state index in [0.717, 1.165) is 40.6 Å². The van der Waals surface area contributed by atoms with E-state index in [2.05, 4.69) is 11.0 Å². The van der Waals surface area contributed by atoms with Crippen molar-refractivity contribution < 1.29 is 13.2 Å². The van der Waals surface area contributed by atoms with Crippen molar-refractivity contribution in [3.63, 3.8) is 0 Å². The van der Waals surface area contributed by atoms with Crippen LogP contribution in [0.1, 0.15) is 27.9 Å². The van der Waals surface area contributed by atoms with Crippen molar-refractivity contribution in [2.75, 3.05) is 38.3 Å². The normalized spacial score (nSPS) is 11.9. The summed E-state index contributed by atoms with van der Waals surface area (Å²) in [6, 6.07) is 10.3. The molecule has 0 spiro atoms. The number of aromatic nitrogens is 1. The maximum Gasteiger partial charge on any atom is 0.260 e. The molecule has 0 atom stereocenters. The zero-order chi connectivity index (χ0) is 22.1. The van der Waals surface area contributed by atoms with Gasteiger partial charge in [0.2, 0.25) is 0 Å². The van der Waals surface area contributed by atoms with Gasteiger partial charge in [0.15, 0.2) is 15.0 Å². The van der Waals surface area contributed by atoms with Gasteiger partial charge in [-0.2, -0.15) is 0 Å². The summed E-state index contributed by atoms with van der Waals surface area (Å²) in [4.78, 5) is 22.0. The van der Waals surface area contributed by atoms with Gasteiger partial charge in [-0.1, -0.05) is 23.5 Å². The second-order valence-corrected chi connectivity index (χ2v) is 10.8. The molecular formula is C22H27N3O3S2. The van der Waals surface area contributed by atoms with Crippen LogP contribution in [0, 0.1) is 13.8 Å². The van der Waals surface area contributed by atoms with E-state index in [1.54, 1.807) is 17.0 Å². The summed E-state index contributed by atoms with van der Waals surface area (Å²) in [7, 11) is 0.585. The molecule has 3 rings (SSSR count). The summed E-state index contributed by atoms with van der Waals surface area (Å²) in [5, 5.41) is 0.632. The molecule has 30 heavy (non-hydrogen) atoms. The first-order chi connectivity index (χ1) is 14.1. The van der Waals surface area contributed by atoms with E-state index in [-0.39, 0.29) is 10.8 Å². The molecule has 2 aromatic carbocycles. The number of benzene rings is 2. The molecular weight excluding hydrogens is 418 g/mol. The van der Waals surface area contributed by atoms with Crippen LogP contribution in [0.4, 0.5) is 5.13 Å². The Morgan fingerprint density at radius 1 is 1.10 bits per heavy atom. The number of thiazole rings is 1. The highest BCUT2D eigenvalue weighted by Crippen LogP contribution is 2.33. The summed E-state index contributed by atoms with van der Waals surface area (Å²) in [5.41, 5.74) is 3.48. The number of aryl methyl sites for hydroxylation is 2. The van der Waals surface area contributed by atoms with Crippen molar-refractivity contribution in [3.05, 3.63) is 53.1 Å². The fourth-order valence-corrected chi connectivity index (χ4v) is 5.03. The molecule has 0 bridgehead atoms. The van der Waals surface area contributed by atoms with E-state index in [4.69, 9.17) is 4.98 Å². The molecule has 0 aliphatic heterocycles. The third kappa shape index (κ3) is 5.06. The van der Waals surface area contributed by atoms with E-state index < -0.39 is 9.84 Å². The minimum atomic E-state index is -3.40. The highest BCUT2D eigenvalue weighted by molar-refractivity contribution is 7.90. The third-order valence-electron chi connectivity index (χ3n) is 4.78. The number of carbonyl (C=O) groups is 1. The standard InChI is InChI=1S/C22H27N3O3S2/c1-15-12-16(2)20-19(13-15)23-22(29-20)25(11-7-10-24(3)4)21(26)17-8-6-9-18(14-17)30(5,27)28/h6,8-9,12-14H,7,10-11H2,1-5H3. The van der Waals surface area contributed by atoms with E-state index in [0.29, 0.717) is 17.2 Å². The van der Waals surface area contributed by atoms with E-state index in [1.165, 1.54) is 23.5 Å². The Labute approximate surface area is 182 Å². The molecule has 0 aliphatic rings. The van der Waals surface area contributed by atoms with Gasteiger partial charge in [-0.3, -0.25) is 9.69 Å². The van der Waals surface area contributed by atoms with Gasteiger partial charge in [0.1, 0.15) is 0 Å². The van der Waals surface area contributed by atoms with Gasteiger partial charge in [0.25, 0.3) is 5.91 Å². The predicted molar refractivity (Wildman–Crippen MR) is 123 cm³/mol. The van der Waals surface area contributed by atoms with E-state index >= 15 is 0 Å². The zero-order valence-electron chi connectivity index (χ0n) is 18.0. The third-order valence-corrected chi connectivity index (χ3v) is 7.12. The highest BCUT2D eigenvalue weighted by Gasteiger charge is 2.23. The maximum atomic E-state index is 13.4. The highest BCUT2D eigenvalue weighted by atomic mass is 32.2. The second kappa shape index (κ2) is 8.83. The number of nitrogens with zero attached hydrogens (tertiary/aromatic N) is 3. The largest absolute Gasteiger partial charge is 0.309 e. The molecule has 0 N–H and O–H groups in total. The Bertz CT molecular complexity index is 1180. The molecule has 6 nitrogen and oxygen atoms in total. The molecule has 0 saturated carbocycles. The molecule has 1 amide bonds. The molecule has 0 unspecified atom stereocenters. The topological polar surface area (TPSA) is 70.6 Å². The lowest BCUT2D eigenvalue weighted by molar-refractivity contribution is 0.0986. The first-order valence-corrected chi connectivity index (χ1v) is 12.4. The maximum absolute atomic E-state index is 13.4. The van der Waals surface area contributed by atoms with Crippen molar-refractivity contribution in [1.82, 2.24) is 9.88 Å². The molecule has 0 saturated heterocycles. The lowest BCUT2D eigenvalue weighted by atomic mass is 10.1. The van der Waals surface area contributed by atoms with Crippen LogP contribution in [-0.2, 0) is 9.84 Å². The van der Waals surface area contributed by atoms with Crippen LogP contribution in [0.2, 0.25) is 0 Å². The Kier molecular flexibility index (Phi) is 6.59. The molecule has 1 heterocycles. The smallest absolute Gasteiger partial charge is 0.260 e. The average Bonchev–Trinajstić information content (AvgIpc) is 3.08. The SMILES string of the molecule is Cc1cc(C)c2sc(N(CCCN(C)C)C(=O)c3cccc(S(C)(=O)=O)c3)nc2c1. The summed E-state index contributed by atoms with van der Waals surface area (Å²) in [6.45, 7) is 5.40. The molecule has 8 heteroatoms. The number of hydrogen-bond acceptors (Lipinski definition) is 6. The van der Waals surface area contributed by atoms with Gasteiger partial charge in [0, 0.05) is 18.4 Å².